The number of aromatic nitrogens is 2. The van der Waals surface area contributed by atoms with E-state index in [1.165, 1.54) is 5.39 Å². The number of hydrogen-bond donors (Lipinski definition) is 2. The Morgan fingerprint density at radius 1 is 1.26 bits per heavy atom. The summed E-state index contributed by atoms with van der Waals surface area (Å²) in [5.74, 6) is 1.63. The Morgan fingerprint density at radius 2 is 2.13 bits per heavy atom. The second kappa shape index (κ2) is 8.07. The monoisotopic (exact) mass is 408 g/mol. The van der Waals surface area contributed by atoms with Crippen LogP contribution in [0.4, 0.5) is 0 Å². The van der Waals surface area contributed by atoms with Crippen molar-refractivity contribution in [2.75, 3.05) is 0 Å². The van der Waals surface area contributed by atoms with E-state index in [9.17, 15) is 0 Å². The summed E-state index contributed by atoms with van der Waals surface area (Å²) in [5, 5.41) is 10.0. The molecule has 0 bridgehead atoms. The quantitative estimate of drug-likeness (QED) is 0.594. The Labute approximate surface area is 181 Å². The third-order valence-electron chi connectivity index (χ3n) is 5.80. The fourth-order valence-corrected chi connectivity index (χ4v) is 4.16. The number of allylic oxidation sites excluding steroid dienone is 3. The maximum Gasteiger partial charge on any atom is 0.132 e. The van der Waals surface area contributed by atoms with Crippen molar-refractivity contribution in [2.45, 2.75) is 13.5 Å². The Hall–Kier alpha value is -3.93. The lowest BCUT2D eigenvalue weighted by Gasteiger charge is -2.22. The van der Waals surface area contributed by atoms with E-state index < -0.39 is 0 Å². The summed E-state index contributed by atoms with van der Waals surface area (Å²) in [7, 11) is 0. The van der Waals surface area contributed by atoms with Gasteiger partial charge in [0, 0.05) is 47.7 Å². The molecule has 0 amide bonds. The molecule has 1 aliphatic carbocycles. The fraction of sp³-hybridized carbons (Fsp3) is 0.160. The Bertz CT molecular complexity index is 1250. The molecule has 154 valence electrons. The van der Waals surface area contributed by atoms with E-state index in [0.717, 1.165) is 33.9 Å². The van der Waals surface area contributed by atoms with Gasteiger partial charge in [-0.25, -0.2) is 4.98 Å². The summed E-state index contributed by atoms with van der Waals surface area (Å²) in [6.07, 6.45) is 12.1. The molecule has 2 atom stereocenters. The molecule has 6 nitrogen and oxygen atoms in total. The number of imidazole rings is 1. The number of hydrogen-bond acceptors (Lipinski definition) is 5. The predicted molar refractivity (Wildman–Crippen MR) is 127 cm³/mol. The van der Waals surface area contributed by atoms with Gasteiger partial charge in [-0.1, -0.05) is 55.5 Å². The highest BCUT2D eigenvalue weighted by molar-refractivity contribution is 5.96. The van der Waals surface area contributed by atoms with E-state index in [1.807, 2.05) is 41.4 Å². The number of fused-ring (bicyclic) bond motifs is 2. The predicted octanol–water partition coefficient (Wildman–Crippen LogP) is 4.40. The summed E-state index contributed by atoms with van der Waals surface area (Å²) in [6, 6.07) is 14.5. The second-order valence-corrected chi connectivity index (χ2v) is 7.80. The topological polar surface area (TPSA) is 66.6 Å². The second-order valence-electron chi connectivity index (χ2n) is 7.80. The minimum atomic E-state index is 0.345. The number of nitrogens with zero attached hydrogens (tertiary/aromatic N) is 4. The average Bonchev–Trinajstić information content (AvgIpc) is 3.45. The van der Waals surface area contributed by atoms with E-state index in [0.29, 0.717) is 18.4 Å². The highest BCUT2D eigenvalue weighted by Gasteiger charge is 2.26. The third-order valence-corrected chi connectivity index (χ3v) is 5.80. The first-order valence-corrected chi connectivity index (χ1v) is 10.4. The number of aliphatic imine (C=N–C) groups is 1. The largest absolute Gasteiger partial charge is 0.378 e. The summed E-state index contributed by atoms with van der Waals surface area (Å²) in [6.45, 7) is 6.61. The molecule has 0 saturated carbocycles. The third kappa shape index (κ3) is 3.68. The SMILES string of the molecule is C=N/C(=C\n1ccnc1CNC1=CC(C)C2C=NNC2=C1)c1cccc2ccccc12. The first-order valence-electron chi connectivity index (χ1n) is 10.4. The lowest BCUT2D eigenvalue weighted by Crippen LogP contribution is -2.24. The van der Waals surface area contributed by atoms with Crippen molar-refractivity contribution in [2.24, 2.45) is 21.9 Å². The summed E-state index contributed by atoms with van der Waals surface area (Å²) < 4.78 is 2.00. The van der Waals surface area contributed by atoms with Crippen LogP contribution < -0.4 is 10.7 Å². The van der Waals surface area contributed by atoms with E-state index >= 15 is 0 Å². The van der Waals surface area contributed by atoms with Crippen molar-refractivity contribution >= 4 is 35.6 Å². The molecule has 2 aliphatic rings. The van der Waals surface area contributed by atoms with Crippen molar-refractivity contribution in [3.63, 3.8) is 0 Å². The number of hydrazone groups is 1. The molecule has 6 heteroatoms. The molecule has 0 spiro atoms. The van der Waals surface area contributed by atoms with Crippen LogP contribution in [0, 0.1) is 11.8 Å². The normalized spacial score (nSPS) is 20.1. The van der Waals surface area contributed by atoms with Crippen LogP contribution in [0.1, 0.15) is 18.3 Å². The van der Waals surface area contributed by atoms with Crippen molar-refractivity contribution in [3.8, 4) is 0 Å². The van der Waals surface area contributed by atoms with Crippen LogP contribution >= 0.6 is 0 Å². The molecule has 0 saturated heterocycles. The molecule has 31 heavy (non-hydrogen) atoms. The molecule has 0 fully saturated rings. The summed E-state index contributed by atoms with van der Waals surface area (Å²) in [5.41, 5.74) is 7.15. The molecular weight excluding hydrogens is 384 g/mol. The van der Waals surface area contributed by atoms with Crippen LogP contribution in [0.15, 0.2) is 88.5 Å². The molecule has 2 aromatic carbocycles. The van der Waals surface area contributed by atoms with Gasteiger partial charge in [-0.3, -0.25) is 10.4 Å². The molecule has 1 aliphatic heterocycles. The van der Waals surface area contributed by atoms with Crippen molar-refractivity contribution in [1.82, 2.24) is 20.3 Å². The minimum absolute atomic E-state index is 0.345. The average molecular weight is 409 g/mol. The summed E-state index contributed by atoms with van der Waals surface area (Å²) in [4.78, 5) is 8.85. The molecule has 1 aromatic heterocycles. The van der Waals surface area contributed by atoms with Gasteiger partial charge >= 0.3 is 0 Å². The molecule has 2 N–H and O–H groups in total. The van der Waals surface area contributed by atoms with E-state index in [4.69, 9.17) is 0 Å². The van der Waals surface area contributed by atoms with Gasteiger partial charge in [0.25, 0.3) is 0 Å². The maximum absolute atomic E-state index is 4.54. The van der Waals surface area contributed by atoms with Crippen LogP contribution in [0.3, 0.4) is 0 Å². The first-order chi connectivity index (χ1) is 15.2. The molecule has 3 aromatic rings. The first kappa shape index (κ1) is 19.1. The standard InChI is InChI=1S/C25H24N6/c1-17-12-19(13-23-22(17)14-29-30-23)28-15-25-27-10-11-31(25)16-24(26-2)21-9-5-7-18-6-3-4-8-20(18)21/h3-14,16-17,22,28,30H,2,15H2,1H3/b24-16-. The van der Waals surface area contributed by atoms with Crippen LogP contribution in [0.5, 0.6) is 0 Å². The van der Waals surface area contributed by atoms with Crippen molar-refractivity contribution in [3.05, 3.63) is 89.8 Å². The van der Waals surface area contributed by atoms with Gasteiger partial charge in [-0.05, 0) is 29.5 Å². The zero-order chi connectivity index (χ0) is 21.2. The van der Waals surface area contributed by atoms with Crippen molar-refractivity contribution in [1.29, 1.82) is 0 Å². The van der Waals surface area contributed by atoms with Crippen LogP contribution in [0.25, 0.3) is 22.7 Å². The van der Waals surface area contributed by atoms with E-state index in [2.05, 4.69) is 75.9 Å². The van der Waals surface area contributed by atoms with Gasteiger partial charge in [0.2, 0.25) is 0 Å². The molecule has 2 heterocycles. The zero-order valence-corrected chi connectivity index (χ0v) is 17.4. The smallest absolute Gasteiger partial charge is 0.132 e. The number of benzene rings is 2. The van der Waals surface area contributed by atoms with Crippen LogP contribution in [0.2, 0.25) is 0 Å². The molecule has 0 radical (unpaired) electrons. The highest BCUT2D eigenvalue weighted by atomic mass is 15.3. The van der Waals surface area contributed by atoms with Crippen LogP contribution in [-0.4, -0.2) is 22.5 Å². The Kier molecular flexibility index (Phi) is 4.96. The van der Waals surface area contributed by atoms with Gasteiger partial charge in [0.1, 0.15) is 5.82 Å². The minimum Gasteiger partial charge on any atom is -0.378 e. The van der Waals surface area contributed by atoms with Crippen LogP contribution in [-0.2, 0) is 6.54 Å². The van der Waals surface area contributed by atoms with E-state index in [-0.39, 0.29) is 0 Å². The highest BCUT2D eigenvalue weighted by Crippen LogP contribution is 2.28. The molecule has 5 rings (SSSR count). The number of nitrogens with one attached hydrogen (secondary N) is 2. The maximum atomic E-state index is 4.54. The van der Waals surface area contributed by atoms with Gasteiger partial charge in [0.05, 0.1) is 12.2 Å². The zero-order valence-electron chi connectivity index (χ0n) is 17.4. The lowest BCUT2D eigenvalue weighted by molar-refractivity contribution is 0.586. The Balaban J connectivity index is 1.39. The molecular formula is C25H24N6. The Morgan fingerprint density at radius 3 is 3.03 bits per heavy atom. The lowest BCUT2D eigenvalue weighted by atomic mass is 9.88. The van der Waals surface area contributed by atoms with Gasteiger partial charge in [0.15, 0.2) is 0 Å². The molecule has 2 unspecified atom stereocenters. The van der Waals surface area contributed by atoms with Gasteiger partial charge in [-0.2, -0.15) is 5.10 Å². The summed E-state index contributed by atoms with van der Waals surface area (Å²) >= 11 is 0. The van der Waals surface area contributed by atoms with Gasteiger partial charge in [-0.15, -0.1) is 0 Å². The van der Waals surface area contributed by atoms with Gasteiger partial charge < -0.3 is 9.88 Å². The number of rotatable bonds is 6. The van der Waals surface area contributed by atoms with Crippen molar-refractivity contribution < 1.29 is 0 Å². The fourth-order valence-electron chi connectivity index (χ4n) is 4.16. The van der Waals surface area contributed by atoms with E-state index in [1.54, 1.807) is 6.20 Å².